The Hall–Kier alpha value is -3.85. The third kappa shape index (κ3) is 4.28. The maximum absolute atomic E-state index is 6.22. The lowest BCUT2D eigenvalue weighted by Crippen LogP contribution is -2.20. The largest absolute Gasteiger partial charge is 0.488 e. The minimum absolute atomic E-state index is 0.532. The van der Waals surface area contributed by atoms with E-state index in [2.05, 4.69) is 96.9 Å². The van der Waals surface area contributed by atoms with Gasteiger partial charge in [0.25, 0.3) is 0 Å². The maximum atomic E-state index is 6.22. The molecule has 0 atom stereocenters. The van der Waals surface area contributed by atoms with Crippen molar-refractivity contribution in [2.75, 3.05) is 25.0 Å². The Balaban J connectivity index is 1.37. The van der Waals surface area contributed by atoms with E-state index in [-0.39, 0.29) is 0 Å². The van der Waals surface area contributed by atoms with Crippen LogP contribution in [0.4, 0.5) is 5.69 Å². The number of rotatable bonds is 5. The van der Waals surface area contributed by atoms with Crippen molar-refractivity contribution in [2.45, 2.75) is 6.61 Å². The number of benzene rings is 4. The Morgan fingerprint density at radius 2 is 1.62 bits per heavy atom. The van der Waals surface area contributed by atoms with Crippen molar-refractivity contribution in [1.82, 2.24) is 0 Å². The number of ether oxygens (including phenoxy) is 1. The summed E-state index contributed by atoms with van der Waals surface area (Å²) in [5.41, 5.74) is 5.60. The van der Waals surface area contributed by atoms with E-state index in [0.717, 1.165) is 35.7 Å². The second kappa shape index (κ2) is 9.11. The van der Waals surface area contributed by atoms with E-state index < -0.39 is 0 Å². The number of likely N-dealkylation sites (N-methyl/N-ethyl adjacent to an activating group) is 1. The van der Waals surface area contributed by atoms with Gasteiger partial charge in [-0.15, -0.1) is 0 Å². The molecule has 0 N–H and O–H groups in total. The Bertz CT molecular complexity index is 1310. The number of aliphatic imine (C=N–C) groups is 1. The van der Waals surface area contributed by atoms with Gasteiger partial charge in [0.1, 0.15) is 12.4 Å². The molecule has 0 aliphatic carbocycles. The Morgan fingerprint density at radius 3 is 2.56 bits per heavy atom. The number of nitrogens with zero attached hydrogens (tertiary/aromatic N) is 2. The molecule has 5 rings (SSSR count). The smallest absolute Gasteiger partial charge is 0.127 e. The molecule has 0 saturated carbocycles. The van der Waals surface area contributed by atoms with Gasteiger partial charge in [-0.05, 0) is 46.7 Å². The van der Waals surface area contributed by atoms with Gasteiger partial charge in [-0.3, -0.25) is 4.99 Å². The molecule has 32 heavy (non-hydrogen) atoms. The Labute approximate surface area is 189 Å². The molecule has 0 spiro atoms. The Morgan fingerprint density at radius 1 is 0.844 bits per heavy atom. The molecule has 158 valence electrons. The van der Waals surface area contributed by atoms with Crippen molar-refractivity contribution in [3.63, 3.8) is 0 Å². The zero-order valence-corrected chi connectivity index (χ0v) is 18.2. The van der Waals surface area contributed by atoms with Gasteiger partial charge in [-0.25, -0.2) is 0 Å². The summed E-state index contributed by atoms with van der Waals surface area (Å²) in [6.07, 6.45) is 4.22. The van der Waals surface area contributed by atoms with E-state index in [0.29, 0.717) is 6.61 Å². The lowest BCUT2D eigenvalue weighted by atomic mass is 10.1. The summed E-state index contributed by atoms with van der Waals surface area (Å²) in [4.78, 5) is 7.09. The van der Waals surface area contributed by atoms with Crippen LogP contribution in [0.1, 0.15) is 16.7 Å². The van der Waals surface area contributed by atoms with Crippen LogP contribution in [-0.4, -0.2) is 25.8 Å². The molecule has 1 aliphatic rings. The van der Waals surface area contributed by atoms with Crippen LogP contribution >= 0.6 is 0 Å². The Kier molecular flexibility index (Phi) is 5.71. The molecule has 0 saturated heterocycles. The summed E-state index contributed by atoms with van der Waals surface area (Å²) in [6.45, 7) is 2.23. The van der Waals surface area contributed by atoms with Crippen LogP contribution in [-0.2, 0) is 6.61 Å². The van der Waals surface area contributed by atoms with Crippen LogP contribution in [0.25, 0.3) is 16.8 Å². The standard InChI is InChI=1S/C29H26N2O/c1-31-19-18-30-27(26-11-5-6-12-28(26)31)17-16-24-9-4-7-13-29(24)32-21-22-14-15-23-8-2-3-10-25(23)20-22/h2-17,20H,18-19,21H2,1H3. The third-order valence-electron chi connectivity index (χ3n) is 5.86. The number of benzodiazepines with no additional fused rings is 1. The zero-order chi connectivity index (χ0) is 21.8. The van der Waals surface area contributed by atoms with Crippen molar-refractivity contribution in [1.29, 1.82) is 0 Å². The fraction of sp³-hybridized carbons (Fsp3) is 0.138. The first-order chi connectivity index (χ1) is 15.8. The van der Waals surface area contributed by atoms with Crippen LogP contribution in [0, 0.1) is 0 Å². The van der Waals surface area contributed by atoms with Gasteiger partial charge in [-0.2, -0.15) is 0 Å². The number of fused-ring (bicyclic) bond motifs is 2. The van der Waals surface area contributed by atoms with E-state index in [1.54, 1.807) is 0 Å². The van der Waals surface area contributed by atoms with Gasteiger partial charge < -0.3 is 9.64 Å². The number of allylic oxidation sites excluding steroid dienone is 1. The van der Waals surface area contributed by atoms with Crippen molar-refractivity contribution in [3.8, 4) is 5.75 Å². The summed E-state index contributed by atoms with van der Waals surface area (Å²) in [6, 6.07) is 31.5. The highest BCUT2D eigenvalue weighted by molar-refractivity contribution is 6.14. The fourth-order valence-corrected chi connectivity index (χ4v) is 4.10. The number of hydrogen-bond donors (Lipinski definition) is 0. The van der Waals surface area contributed by atoms with Gasteiger partial charge in [0.15, 0.2) is 0 Å². The summed E-state index contributed by atoms with van der Waals surface area (Å²) in [7, 11) is 2.12. The van der Waals surface area contributed by atoms with E-state index in [1.165, 1.54) is 22.0 Å². The molecule has 0 unspecified atom stereocenters. The summed E-state index contributed by atoms with van der Waals surface area (Å²) >= 11 is 0. The second-order valence-corrected chi connectivity index (χ2v) is 8.05. The van der Waals surface area contributed by atoms with Crippen LogP contribution in [0.15, 0.2) is 102 Å². The predicted molar refractivity (Wildman–Crippen MR) is 135 cm³/mol. The average molecular weight is 419 g/mol. The molecule has 0 amide bonds. The number of anilines is 1. The minimum Gasteiger partial charge on any atom is -0.488 e. The molecule has 4 aromatic rings. The molecule has 1 heterocycles. The van der Waals surface area contributed by atoms with Crippen molar-refractivity contribution >= 4 is 28.2 Å². The molecule has 3 nitrogen and oxygen atoms in total. The van der Waals surface area contributed by atoms with Gasteiger partial charge in [0.2, 0.25) is 0 Å². The highest BCUT2D eigenvalue weighted by atomic mass is 16.5. The highest BCUT2D eigenvalue weighted by Gasteiger charge is 2.13. The number of para-hydroxylation sites is 2. The molecule has 1 aliphatic heterocycles. The van der Waals surface area contributed by atoms with Gasteiger partial charge in [0.05, 0.1) is 12.3 Å². The fourth-order valence-electron chi connectivity index (χ4n) is 4.10. The van der Waals surface area contributed by atoms with Crippen molar-refractivity contribution < 1.29 is 4.74 Å². The van der Waals surface area contributed by atoms with Gasteiger partial charge in [-0.1, -0.05) is 72.8 Å². The van der Waals surface area contributed by atoms with E-state index >= 15 is 0 Å². The zero-order valence-electron chi connectivity index (χ0n) is 18.2. The second-order valence-electron chi connectivity index (χ2n) is 8.05. The molecular formula is C29H26N2O. The average Bonchev–Trinajstić information content (AvgIpc) is 3.00. The van der Waals surface area contributed by atoms with Crippen LogP contribution < -0.4 is 9.64 Å². The summed E-state index contributed by atoms with van der Waals surface area (Å²) < 4.78 is 6.22. The molecule has 0 fully saturated rings. The molecule has 4 aromatic carbocycles. The quantitative estimate of drug-likeness (QED) is 0.376. The first kappa shape index (κ1) is 20.1. The van der Waals surface area contributed by atoms with E-state index in [9.17, 15) is 0 Å². The molecule has 0 radical (unpaired) electrons. The first-order valence-corrected chi connectivity index (χ1v) is 11.0. The normalized spacial score (nSPS) is 13.7. The topological polar surface area (TPSA) is 24.8 Å². The number of hydrogen-bond acceptors (Lipinski definition) is 3. The molecular weight excluding hydrogens is 392 g/mol. The monoisotopic (exact) mass is 418 g/mol. The van der Waals surface area contributed by atoms with Crippen LogP contribution in [0.2, 0.25) is 0 Å². The van der Waals surface area contributed by atoms with Gasteiger partial charge >= 0.3 is 0 Å². The SMILES string of the molecule is CN1CCN=C(C=Cc2ccccc2OCc2ccc3ccccc3c2)c2ccccc21. The van der Waals surface area contributed by atoms with E-state index in [4.69, 9.17) is 9.73 Å². The van der Waals surface area contributed by atoms with Crippen LogP contribution in [0.5, 0.6) is 5.75 Å². The van der Waals surface area contributed by atoms with E-state index in [1.807, 2.05) is 18.2 Å². The van der Waals surface area contributed by atoms with Crippen molar-refractivity contribution in [2.24, 2.45) is 4.99 Å². The lowest BCUT2D eigenvalue weighted by molar-refractivity contribution is 0.306. The minimum atomic E-state index is 0.532. The first-order valence-electron chi connectivity index (χ1n) is 11.0. The predicted octanol–water partition coefficient (Wildman–Crippen LogP) is 6.37. The van der Waals surface area contributed by atoms with Crippen molar-refractivity contribution in [3.05, 3.63) is 114 Å². The summed E-state index contributed by atoms with van der Waals surface area (Å²) in [5, 5.41) is 2.48. The van der Waals surface area contributed by atoms with Crippen LogP contribution in [0.3, 0.4) is 0 Å². The lowest BCUT2D eigenvalue weighted by Gasteiger charge is -2.18. The van der Waals surface area contributed by atoms with Gasteiger partial charge in [0, 0.05) is 30.4 Å². The molecule has 0 aromatic heterocycles. The molecule has 0 bridgehead atoms. The third-order valence-corrected chi connectivity index (χ3v) is 5.86. The highest BCUT2D eigenvalue weighted by Crippen LogP contribution is 2.25. The maximum Gasteiger partial charge on any atom is 0.127 e. The molecule has 3 heteroatoms. The summed E-state index contributed by atoms with van der Waals surface area (Å²) in [5.74, 6) is 0.872.